The molecule has 1 atom stereocenters. The summed E-state index contributed by atoms with van der Waals surface area (Å²) in [6, 6.07) is 0. The third kappa shape index (κ3) is 32.8. The Bertz CT molecular complexity index is 541. The summed E-state index contributed by atoms with van der Waals surface area (Å²) in [5.41, 5.74) is 0.289. The standard InChI is InChI=1S/C25H53O10PS2/c1-25(2,3)9-12-29-13-14-30-15-16-31-17-18-32-19-20-33-21-22-35-36(27,28)34-11-8-24-38-37-23-7-5-4-6-10-26/h26H,4-24H2,1-3H3,(H,27,28)/p-1. The van der Waals surface area contributed by atoms with Crippen LogP contribution in [0.25, 0.3) is 0 Å². The molecule has 1 unspecified atom stereocenters. The zero-order chi connectivity index (χ0) is 28.2. The Morgan fingerprint density at radius 3 is 1.53 bits per heavy atom. The first kappa shape index (κ1) is 38.6. The zero-order valence-corrected chi connectivity index (χ0v) is 26.3. The van der Waals surface area contributed by atoms with Gasteiger partial charge in [-0.15, -0.1) is 0 Å². The lowest BCUT2D eigenvalue weighted by Crippen LogP contribution is -2.15. The molecule has 0 radical (unpaired) electrons. The normalized spacial score (nSPS) is 13.7. The molecule has 0 heterocycles. The van der Waals surface area contributed by atoms with Crippen molar-refractivity contribution < 1.29 is 47.3 Å². The second-order valence-electron chi connectivity index (χ2n) is 9.62. The van der Waals surface area contributed by atoms with E-state index in [4.69, 9.17) is 37.8 Å². The zero-order valence-electron chi connectivity index (χ0n) is 23.7. The fourth-order valence-corrected chi connectivity index (χ4v) is 5.58. The molecule has 0 bridgehead atoms. The number of ether oxygens (including phenoxy) is 5. The summed E-state index contributed by atoms with van der Waals surface area (Å²) in [4.78, 5) is 11.7. The molecule has 0 aliphatic rings. The van der Waals surface area contributed by atoms with Crippen LogP contribution in [0.1, 0.15) is 59.3 Å². The van der Waals surface area contributed by atoms with Crippen LogP contribution in [0, 0.1) is 5.41 Å². The van der Waals surface area contributed by atoms with E-state index in [1.54, 1.807) is 21.6 Å². The first-order valence-electron chi connectivity index (χ1n) is 13.6. The van der Waals surface area contributed by atoms with Crippen LogP contribution in [0.15, 0.2) is 0 Å². The number of phosphoric acid groups is 1. The molecule has 0 rings (SSSR count). The molecule has 10 nitrogen and oxygen atoms in total. The molecule has 0 spiro atoms. The maximum absolute atomic E-state index is 11.7. The summed E-state index contributed by atoms with van der Waals surface area (Å²) in [6.45, 7) is 11.6. The van der Waals surface area contributed by atoms with Crippen molar-refractivity contribution in [2.45, 2.75) is 59.3 Å². The van der Waals surface area contributed by atoms with Gasteiger partial charge in [-0.3, -0.25) is 4.57 Å². The minimum absolute atomic E-state index is 0.0909. The van der Waals surface area contributed by atoms with Crippen molar-refractivity contribution >= 4 is 29.4 Å². The lowest BCUT2D eigenvalue weighted by molar-refractivity contribution is -0.226. The number of unbranched alkanes of at least 4 members (excludes halogenated alkanes) is 3. The minimum Gasteiger partial charge on any atom is -0.756 e. The van der Waals surface area contributed by atoms with Crippen LogP contribution in [0.2, 0.25) is 0 Å². The van der Waals surface area contributed by atoms with Crippen molar-refractivity contribution in [3.05, 3.63) is 0 Å². The molecule has 0 fully saturated rings. The number of phosphoric ester groups is 1. The molecule has 0 aliphatic heterocycles. The Balaban J connectivity index is 3.28. The molecule has 0 aromatic heterocycles. The van der Waals surface area contributed by atoms with E-state index in [9.17, 15) is 9.46 Å². The number of aliphatic hydroxyl groups is 1. The SMILES string of the molecule is CC(C)(C)CCOCCOCCOCCOCCOCCOP(=O)([O-])OCCCSSCCCCCCO. The molecule has 0 aromatic rings. The molecule has 38 heavy (non-hydrogen) atoms. The van der Waals surface area contributed by atoms with Crippen LogP contribution in [0.3, 0.4) is 0 Å². The van der Waals surface area contributed by atoms with Gasteiger partial charge >= 0.3 is 0 Å². The third-order valence-corrected chi connectivity index (χ3v) is 8.38. The second kappa shape index (κ2) is 27.7. The molecule has 0 aliphatic carbocycles. The lowest BCUT2D eigenvalue weighted by Gasteiger charge is -2.22. The second-order valence-corrected chi connectivity index (χ2v) is 13.7. The van der Waals surface area contributed by atoms with Gasteiger partial charge in [0, 0.05) is 24.7 Å². The van der Waals surface area contributed by atoms with Gasteiger partial charge in [-0.05, 0) is 31.1 Å². The minimum atomic E-state index is -4.30. The Labute approximate surface area is 238 Å². The van der Waals surface area contributed by atoms with Crippen LogP contribution in [-0.2, 0) is 37.3 Å². The highest BCUT2D eigenvalue weighted by atomic mass is 33.1. The molecular weight excluding hydrogens is 555 g/mol. The molecule has 230 valence electrons. The topological polar surface area (TPSA) is 125 Å². The fraction of sp³-hybridized carbons (Fsp3) is 1.00. The van der Waals surface area contributed by atoms with Gasteiger partial charge in [-0.2, -0.15) is 0 Å². The first-order chi connectivity index (χ1) is 18.3. The quantitative estimate of drug-likeness (QED) is 0.0710. The number of hydrogen-bond acceptors (Lipinski definition) is 12. The molecular formula is C25H52O10PS2-. The van der Waals surface area contributed by atoms with E-state index >= 15 is 0 Å². The number of hydrogen-bond donors (Lipinski definition) is 1. The molecule has 13 heteroatoms. The summed E-state index contributed by atoms with van der Waals surface area (Å²) in [5.74, 6) is 1.87. The summed E-state index contributed by atoms with van der Waals surface area (Å²) in [7, 11) is -0.802. The van der Waals surface area contributed by atoms with Gasteiger partial charge < -0.3 is 42.7 Å². The van der Waals surface area contributed by atoms with E-state index in [1.165, 1.54) is 0 Å². The highest BCUT2D eigenvalue weighted by molar-refractivity contribution is 8.76. The molecule has 0 amide bonds. The van der Waals surface area contributed by atoms with E-state index in [0.29, 0.717) is 59.3 Å². The van der Waals surface area contributed by atoms with Gasteiger partial charge in [-0.25, -0.2) is 0 Å². The van der Waals surface area contributed by atoms with Gasteiger partial charge in [0.15, 0.2) is 0 Å². The Hall–Kier alpha value is 0.570. The van der Waals surface area contributed by atoms with Gasteiger partial charge in [0.2, 0.25) is 0 Å². The van der Waals surface area contributed by atoms with Crippen LogP contribution < -0.4 is 4.89 Å². The highest BCUT2D eigenvalue weighted by Gasteiger charge is 2.09. The van der Waals surface area contributed by atoms with Crippen LogP contribution in [-0.4, -0.2) is 103 Å². The van der Waals surface area contributed by atoms with Crippen molar-refractivity contribution in [1.29, 1.82) is 0 Å². The van der Waals surface area contributed by atoms with Crippen LogP contribution in [0.5, 0.6) is 0 Å². The molecule has 1 N–H and O–H groups in total. The summed E-state index contributed by atoms with van der Waals surface area (Å²) in [6.07, 6.45) is 5.86. The Morgan fingerprint density at radius 1 is 0.605 bits per heavy atom. The molecule has 0 saturated carbocycles. The van der Waals surface area contributed by atoms with E-state index in [1.807, 2.05) is 0 Å². The van der Waals surface area contributed by atoms with Crippen molar-refractivity contribution in [2.75, 3.05) is 97.4 Å². The van der Waals surface area contributed by atoms with Crippen molar-refractivity contribution in [2.24, 2.45) is 5.41 Å². The van der Waals surface area contributed by atoms with Crippen LogP contribution in [0.4, 0.5) is 0 Å². The molecule has 0 aromatic carbocycles. The van der Waals surface area contributed by atoms with E-state index in [-0.39, 0.29) is 31.8 Å². The van der Waals surface area contributed by atoms with Gasteiger partial charge in [0.25, 0.3) is 7.82 Å². The largest absolute Gasteiger partial charge is 0.756 e. The van der Waals surface area contributed by atoms with Crippen molar-refractivity contribution in [1.82, 2.24) is 0 Å². The van der Waals surface area contributed by atoms with Gasteiger partial charge in [0.1, 0.15) is 0 Å². The summed E-state index contributed by atoms with van der Waals surface area (Å²) < 4.78 is 48.5. The Kier molecular flexibility index (Phi) is 28.1. The lowest BCUT2D eigenvalue weighted by atomic mass is 9.93. The van der Waals surface area contributed by atoms with Gasteiger partial charge in [0.05, 0.1) is 72.7 Å². The monoisotopic (exact) mass is 607 g/mol. The van der Waals surface area contributed by atoms with E-state index in [2.05, 4.69) is 20.8 Å². The Morgan fingerprint density at radius 2 is 1.03 bits per heavy atom. The average molecular weight is 608 g/mol. The summed E-state index contributed by atoms with van der Waals surface area (Å²) >= 11 is 0. The van der Waals surface area contributed by atoms with Crippen molar-refractivity contribution in [3.8, 4) is 0 Å². The van der Waals surface area contributed by atoms with Gasteiger partial charge in [-0.1, -0.05) is 55.2 Å². The third-order valence-electron chi connectivity index (χ3n) is 4.80. The van der Waals surface area contributed by atoms with Crippen molar-refractivity contribution in [3.63, 3.8) is 0 Å². The summed E-state index contributed by atoms with van der Waals surface area (Å²) in [5, 5.41) is 8.72. The molecule has 0 saturated heterocycles. The maximum Gasteiger partial charge on any atom is 0.267 e. The van der Waals surface area contributed by atoms with E-state index in [0.717, 1.165) is 50.2 Å². The predicted molar refractivity (Wildman–Crippen MR) is 153 cm³/mol. The highest BCUT2D eigenvalue weighted by Crippen LogP contribution is 2.38. The van der Waals surface area contributed by atoms with Crippen LogP contribution >= 0.6 is 29.4 Å². The first-order valence-corrected chi connectivity index (χ1v) is 17.6. The maximum atomic E-state index is 11.7. The smallest absolute Gasteiger partial charge is 0.267 e. The number of aliphatic hydroxyl groups excluding tert-OH is 1. The predicted octanol–water partition coefficient (Wildman–Crippen LogP) is 4.33. The number of rotatable bonds is 30. The van der Waals surface area contributed by atoms with E-state index < -0.39 is 7.82 Å². The fourth-order valence-electron chi connectivity index (χ4n) is 2.64. The average Bonchev–Trinajstić information content (AvgIpc) is 2.86.